The molecule has 8 heteroatoms. The van der Waals surface area contributed by atoms with E-state index in [0.717, 1.165) is 0 Å². The van der Waals surface area contributed by atoms with Crippen molar-refractivity contribution in [1.82, 2.24) is 0 Å². The monoisotopic (exact) mass is 251 g/mol. The van der Waals surface area contributed by atoms with Crippen LogP contribution in [0.1, 0.15) is 13.3 Å². The fourth-order valence-electron chi connectivity index (χ4n) is 1.72. The Hall–Kier alpha value is -0.770. The van der Waals surface area contributed by atoms with Crippen LogP contribution in [0.3, 0.4) is 0 Å². The van der Waals surface area contributed by atoms with Crippen LogP contribution in [0.5, 0.6) is 0 Å². The van der Waals surface area contributed by atoms with Gasteiger partial charge in [0, 0.05) is 6.42 Å². The highest BCUT2D eigenvalue weighted by molar-refractivity contribution is 5.76. The number of aliphatic hydroxyl groups is 4. The number of carboxylic acid groups (broad SMARTS) is 1. The molecular formula is C9H17NO7. The number of hydrogen-bond donors (Lipinski definition) is 6. The summed E-state index contributed by atoms with van der Waals surface area (Å²) in [5.41, 5.74) is 5.35. The Bertz CT molecular complexity index is 297. The molecule has 0 aromatic heterocycles. The lowest BCUT2D eigenvalue weighted by Gasteiger charge is -2.43. The topological polar surface area (TPSA) is 153 Å². The van der Waals surface area contributed by atoms with Crippen LogP contribution >= 0.6 is 0 Å². The summed E-state index contributed by atoms with van der Waals surface area (Å²) in [6.07, 6.45) is -5.38. The third-order valence-corrected chi connectivity index (χ3v) is 2.85. The molecule has 0 aromatic carbocycles. The minimum Gasteiger partial charge on any atom is -0.477 e. The van der Waals surface area contributed by atoms with E-state index in [4.69, 9.17) is 20.7 Å². The molecule has 0 radical (unpaired) electrons. The molecule has 6 atom stereocenters. The first-order valence-electron chi connectivity index (χ1n) is 5.13. The molecule has 0 aromatic rings. The number of carboxylic acids is 1. The summed E-state index contributed by atoms with van der Waals surface area (Å²) in [6, 6.07) is -1.53. The van der Waals surface area contributed by atoms with E-state index in [2.05, 4.69) is 0 Å². The van der Waals surface area contributed by atoms with E-state index in [-0.39, 0.29) is 6.42 Å². The average Bonchev–Trinajstić information content (AvgIpc) is 2.23. The Labute approximate surface area is 97.2 Å². The number of ether oxygens (including phenoxy) is 1. The van der Waals surface area contributed by atoms with Gasteiger partial charge in [0.25, 0.3) is 5.79 Å². The molecule has 7 N–H and O–H groups in total. The summed E-state index contributed by atoms with van der Waals surface area (Å²) in [6.45, 7) is 1.27. The second-order valence-corrected chi connectivity index (χ2v) is 4.22. The average molecular weight is 251 g/mol. The number of aliphatic carboxylic acids is 1. The van der Waals surface area contributed by atoms with Crippen molar-refractivity contribution in [3.05, 3.63) is 0 Å². The summed E-state index contributed by atoms with van der Waals surface area (Å²) >= 11 is 0. The molecule has 100 valence electrons. The van der Waals surface area contributed by atoms with Crippen molar-refractivity contribution in [3.8, 4) is 0 Å². The zero-order valence-electron chi connectivity index (χ0n) is 9.22. The highest BCUT2D eigenvalue weighted by Gasteiger charge is 2.54. The molecule has 0 amide bonds. The maximum Gasteiger partial charge on any atom is 0.366 e. The third kappa shape index (κ3) is 2.57. The van der Waals surface area contributed by atoms with Crippen LogP contribution in [0, 0.1) is 0 Å². The van der Waals surface area contributed by atoms with Crippen molar-refractivity contribution in [2.45, 2.75) is 49.6 Å². The van der Waals surface area contributed by atoms with E-state index in [0.29, 0.717) is 0 Å². The first-order valence-corrected chi connectivity index (χ1v) is 5.13. The molecular weight excluding hydrogens is 234 g/mol. The normalized spacial score (nSPS) is 41.9. The molecule has 1 aliphatic rings. The molecule has 0 bridgehead atoms. The Kier molecular flexibility index (Phi) is 4.07. The van der Waals surface area contributed by atoms with Gasteiger partial charge in [-0.1, -0.05) is 0 Å². The molecule has 1 heterocycles. The lowest BCUT2D eigenvalue weighted by atomic mass is 9.90. The van der Waals surface area contributed by atoms with Gasteiger partial charge in [0.05, 0.1) is 24.4 Å². The molecule has 17 heavy (non-hydrogen) atoms. The molecule has 8 nitrogen and oxygen atoms in total. The number of nitrogens with two attached hydrogens (primary N) is 1. The summed E-state index contributed by atoms with van der Waals surface area (Å²) in [5.74, 6) is -4.54. The molecule has 1 fully saturated rings. The van der Waals surface area contributed by atoms with E-state index in [9.17, 15) is 20.1 Å². The minimum absolute atomic E-state index is 0.178. The van der Waals surface area contributed by atoms with Crippen molar-refractivity contribution in [1.29, 1.82) is 0 Å². The van der Waals surface area contributed by atoms with Crippen molar-refractivity contribution in [2.24, 2.45) is 5.73 Å². The maximum atomic E-state index is 10.9. The Morgan fingerprint density at radius 3 is 2.47 bits per heavy atom. The third-order valence-electron chi connectivity index (χ3n) is 2.85. The van der Waals surface area contributed by atoms with Crippen molar-refractivity contribution in [3.63, 3.8) is 0 Å². The second-order valence-electron chi connectivity index (χ2n) is 4.22. The molecule has 0 spiro atoms. The largest absolute Gasteiger partial charge is 0.477 e. The van der Waals surface area contributed by atoms with Gasteiger partial charge in [-0.15, -0.1) is 0 Å². The SMILES string of the molecule is C[C@@H](O)[C@@H](O)[C@H]1C[C@H](O)[C@@H](N)[C@@](O)(C(=O)O)O1. The lowest BCUT2D eigenvalue weighted by molar-refractivity contribution is -0.294. The molecule has 1 saturated heterocycles. The second kappa shape index (κ2) is 4.84. The van der Waals surface area contributed by atoms with Gasteiger partial charge < -0.3 is 36.0 Å². The summed E-state index contributed by atoms with van der Waals surface area (Å²) in [7, 11) is 0. The van der Waals surface area contributed by atoms with Crippen LogP contribution in [-0.4, -0.2) is 67.7 Å². The van der Waals surface area contributed by atoms with Gasteiger partial charge >= 0.3 is 5.97 Å². The molecule has 0 aliphatic carbocycles. The predicted octanol–water partition coefficient (Wildman–Crippen LogP) is -3.02. The van der Waals surface area contributed by atoms with E-state index in [1.807, 2.05) is 0 Å². The van der Waals surface area contributed by atoms with Gasteiger partial charge in [-0.3, -0.25) is 0 Å². The number of rotatable bonds is 3. The van der Waals surface area contributed by atoms with E-state index >= 15 is 0 Å². The molecule has 1 aliphatic heterocycles. The minimum atomic E-state index is -2.78. The van der Waals surface area contributed by atoms with Crippen LogP contribution in [-0.2, 0) is 9.53 Å². The number of carbonyl (C=O) groups is 1. The highest BCUT2D eigenvalue weighted by Crippen LogP contribution is 2.29. The van der Waals surface area contributed by atoms with Gasteiger partial charge in [0.15, 0.2) is 0 Å². The van der Waals surface area contributed by atoms with Crippen LogP contribution < -0.4 is 5.73 Å². The van der Waals surface area contributed by atoms with Gasteiger partial charge in [0.2, 0.25) is 0 Å². The van der Waals surface area contributed by atoms with Gasteiger partial charge in [-0.25, -0.2) is 4.79 Å². The van der Waals surface area contributed by atoms with Gasteiger partial charge in [0.1, 0.15) is 6.10 Å². The summed E-state index contributed by atoms with van der Waals surface area (Å²) in [5, 5.41) is 46.7. The van der Waals surface area contributed by atoms with E-state index < -0.39 is 42.2 Å². The smallest absolute Gasteiger partial charge is 0.366 e. The highest BCUT2D eigenvalue weighted by atomic mass is 16.7. The number of hydrogen-bond acceptors (Lipinski definition) is 7. The Morgan fingerprint density at radius 2 is 2.06 bits per heavy atom. The maximum absolute atomic E-state index is 10.9. The van der Waals surface area contributed by atoms with Crippen molar-refractivity contribution >= 4 is 5.97 Å². The van der Waals surface area contributed by atoms with Crippen LogP contribution in [0.4, 0.5) is 0 Å². The van der Waals surface area contributed by atoms with Crippen LogP contribution in [0.25, 0.3) is 0 Å². The Morgan fingerprint density at radius 1 is 1.53 bits per heavy atom. The zero-order valence-corrected chi connectivity index (χ0v) is 9.22. The quantitative estimate of drug-likeness (QED) is 0.310. The first kappa shape index (κ1) is 14.3. The summed E-state index contributed by atoms with van der Waals surface area (Å²) < 4.78 is 4.80. The fourth-order valence-corrected chi connectivity index (χ4v) is 1.72. The van der Waals surface area contributed by atoms with Gasteiger partial charge in [-0.05, 0) is 6.92 Å². The van der Waals surface area contributed by atoms with Gasteiger partial charge in [-0.2, -0.15) is 0 Å². The van der Waals surface area contributed by atoms with Crippen LogP contribution in [0.15, 0.2) is 0 Å². The van der Waals surface area contributed by atoms with E-state index in [1.54, 1.807) is 0 Å². The first-order chi connectivity index (χ1) is 7.70. The van der Waals surface area contributed by atoms with E-state index in [1.165, 1.54) is 6.92 Å². The van der Waals surface area contributed by atoms with Crippen molar-refractivity contribution in [2.75, 3.05) is 0 Å². The molecule has 0 unspecified atom stereocenters. The zero-order chi connectivity index (χ0) is 13.4. The fraction of sp³-hybridized carbons (Fsp3) is 0.889. The Balaban J connectivity index is 2.91. The lowest BCUT2D eigenvalue weighted by Crippen LogP contribution is -2.67. The molecule has 1 rings (SSSR count). The summed E-state index contributed by atoms with van der Waals surface area (Å²) in [4.78, 5) is 10.9. The van der Waals surface area contributed by atoms with Crippen molar-refractivity contribution < 1.29 is 35.1 Å². The van der Waals surface area contributed by atoms with Crippen LogP contribution in [0.2, 0.25) is 0 Å². The molecule has 0 saturated carbocycles. The predicted molar refractivity (Wildman–Crippen MR) is 53.7 cm³/mol. The standard InChI is InChI=1S/C9H17NO7/c1-3(11)6(13)5-2-4(12)7(10)9(16,17-5)8(14)15/h3-7,11-13,16H,2,10H2,1H3,(H,14,15)/t3-,4+,5-,6-,7-,9+/m1/s1. The number of aliphatic hydroxyl groups excluding tert-OH is 3.